The third kappa shape index (κ3) is 3.00. The molecule has 0 saturated heterocycles. The van der Waals surface area contributed by atoms with Gasteiger partial charge in [0, 0.05) is 12.8 Å². The minimum Gasteiger partial charge on any atom is -0.323 e. The number of ether oxygens (including phenoxy) is 1. The quantitative estimate of drug-likeness (QED) is 0.666. The van der Waals surface area contributed by atoms with Crippen molar-refractivity contribution in [1.82, 2.24) is 0 Å². The fourth-order valence-corrected chi connectivity index (χ4v) is 2.88. The van der Waals surface area contributed by atoms with Crippen molar-refractivity contribution in [2.45, 2.75) is 44.6 Å². The lowest BCUT2D eigenvalue weighted by molar-refractivity contribution is -0.0276. The lowest BCUT2D eigenvalue weighted by atomic mass is 10.1. The summed E-state index contributed by atoms with van der Waals surface area (Å²) in [5, 5.41) is -0.649. The summed E-state index contributed by atoms with van der Waals surface area (Å²) in [5.41, 5.74) is 0. The molecule has 0 fully saturated rings. The van der Waals surface area contributed by atoms with Crippen molar-refractivity contribution < 1.29 is 13.8 Å². The van der Waals surface area contributed by atoms with Crippen LogP contribution in [0.2, 0.25) is 0 Å². The summed E-state index contributed by atoms with van der Waals surface area (Å²) in [7, 11) is -0.310. The Balaban J connectivity index is 2.73. The average molecular weight is 243 g/mol. The Kier molecular flexibility index (Phi) is 5.33. The molecule has 0 aromatic carbocycles. The van der Waals surface area contributed by atoms with E-state index in [0.29, 0.717) is 12.8 Å². The first-order valence-electron chi connectivity index (χ1n) is 5.71. The van der Waals surface area contributed by atoms with E-state index in [-0.39, 0.29) is 6.10 Å². The molecule has 0 aromatic heterocycles. The highest BCUT2D eigenvalue weighted by molar-refractivity contribution is 7.40. The van der Waals surface area contributed by atoms with Gasteiger partial charge in [-0.3, -0.25) is 0 Å². The molecular weight excluding hydrogens is 223 g/mol. The Morgan fingerprint density at radius 1 is 1.38 bits per heavy atom. The molecule has 16 heavy (non-hydrogen) atoms. The van der Waals surface area contributed by atoms with E-state index in [1.54, 1.807) is 0 Å². The third-order valence-electron chi connectivity index (χ3n) is 2.92. The van der Waals surface area contributed by atoms with Gasteiger partial charge in [-0.25, -0.2) is 0 Å². The molecule has 2 atom stereocenters. The molecule has 2 unspecified atom stereocenters. The zero-order chi connectivity index (χ0) is 12.0. The van der Waals surface area contributed by atoms with Gasteiger partial charge >= 0.3 is 8.03 Å². The van der Waals surface area contributed by atoms with Crippen LogP contribution in [0.4, 0.5) is 0 Å². The second-order valence-electron chi connectivity index (χ2n) is 3.80. The maximum Gasteiger partial charge on any atom is 0.543 e. The summed E-state index contributed by atoms with van der Waals surface area (Å²) in [4.78, 5) is 0. The van der Waals surface area contributed by atoms with Crippen LogP contribution in [0.1, 0.15) is 33.1 Å². The Morgan fingerprint density at radius 3 is 2.50 bits per heavy atom. The van der Waals surface area contributed by atoms with Crippen LogP contribution >= 0.6 is 8.03 Å². The molecule has 1 aliphatic carbocycles. The molecule has 0 bridgehead atoms. The lowest BCUT2D eigenvalue weighted by Crippen LogP contribution is -2.32. The highest BCUT2D eigenvalue weighted by atomic mass is 31.1. The topological polar surface area (TPSA) is 35.5 Å². The van der Waals surface area contributed by atoms with E-state index in [1.165, 1.54) is 7.11 Å². The maximum absolute atomic E-state index is 11.9. The molecule has 0 aliphatic heterocycles. The van der Waals surface area contributed by atoms with Gasteiger partial charge in [-0.2, -0.15) is 0 Å². The van der Waals surface area contributed by atoms with Crippen LogP contribution in [0.25, 0.3) is 0 Å². The van der Waals surface area contributed by atoms with Gasteiger partial charge in [0.05, 0.1) is 13.2 Å². The first kappa shape index (κ1) is 13.6. The van der Waals surface area contributed by atoms with Crippen molar-refractivity contribution in [3.05, 3.63) is 24.3 Å². The average Bonchev–Trinajstić information content (AvgIpc) is 2.36. The van der Waals surface area contributed by atoms with Gasteiger partial charge in [-0.05, 0) is 11.0 Å². The van der Waals surface area contributed by atoms with Crippen molar-refractivity contribution in [3.63, 3.8) is 0 Å². The fraction of sp³-hybridized carbons (Fsp3) is 0.667. The zero-order valence-electron chi connectivity index (χ0n) is 10.2. The molecule has 4 heteroatoms. The summed E-state index contributed by atoms with van der Waals surface area (Å²) >= 11 is 0. The SMILES string of the molecule is CCC(CC)(OC1C=CC=CC1)[P+](=O)OC. The molecule has 0 saturated carbocycles. The molecule has 90 valence electrons. The van der Waals surface area contributed by atoms with E-state index < -0.39 is 13.4 Å². The maximum atomic E-state index is 11.9. The van der Waals surface area contributed by atoms with Gasteiger partial charge < -0.3 is 4.74 Å². The van der Waals surface area contributed by atoms with Crippen LogP contribution in [-0.2, 0) is 13.8 Å². The third-order valence-corrected chi connectivity index (χ3v) is 4.65. The molecule has 0 radical (unpaired) electrons. The molecule has 1 aliphatic rings. The van der Waals surface area contributed by atoms with Gasteiger partial charge in [0.25, 0.3) is 5.34 Å². The van der Waals surface area contributed by atoms with Gasteiger partial charge in [-0.15, -0.1) is 4.52 Å². The predicted molar refractivity (Wildman–Crippen MR) is 65.7 cm³/mol. The smallest absolute Gasteiger partial charge is 0.323 e. The standard InChI is InChI=1S/C12H20O3P/c1-4-12(5-2,16(13)14-3)15-11-9-7-6-8-10-11/h6-9,11H,4-5,10H2,1-3H3/q+1. The first-order valence-corrected chi connectivity index (χ1v) is 6.89. The molecule has 0 spiro atoms. The highest BCUT2D eigenvalue weighted by Crippen LogP contribution is 2.46. The Morgan fingerprint density at radius 2 is 2.06 bits per heavy atom. The number of rotatable bonds is 6. The van der Waals surface area contributed by atoms with Crippen LogP contribution in [0.15, 0.2) is 24.3 Å². The summed E-state index contributed by atoms with van der Waals surface area (Å²) < 4.78 is 22.9. The van der Waals surface area contributed by atoms with Crippen LogP contribution in [-0.4, -0.2) is 18.6 Å². The van der Waals surface area contributed by atoms with E-state index in [1.807, 2.05) is 32.1 Å². The van der Waals surface area contributed by atoms with Crippen LogP contribution in [0.3, 0.4) is 0 Å². The molecule has 0 heterocycles. The predicted octanol–water partition coefficient (Wildman–Crippen LogP) is 3.79. The largest absolute Gasteiger partial charge is 0.543 e. The summed E-state index contributed by atoms with van der Waals surface area (Å²) in [6.45, 7) is 3.97. The van der Waals surface area contributed by atoms with Crippen molar-refractivity contribution >= 4 is 8.03 Å². The Labute approximate surface area is 98.4 Å². The van der Waals surface area contributed by atoms with Crippen molar-refractivity contribution in [2.75, 3.05) is 7.11 Å². The summed E-state index contributed by atoms with van der Waals surface area (Å²) in [6, 6.07) is 0. The van der Waals surface area contributed by atoms with E-state index in [0.717, 1.165) is 6.42 Å². The first-order chi connectivity index (χ1) is 7.68. The van der Waals surface area contributed by atoms with Gasteiger partial charge in [-0.1, -0.05) is 38.2 Å². The van der Waals surface area contributed by atoms with Crippen LogP contribution in [0.5, 0.6) is 0 Å². The van der Waals surface area contributed by atoms with E-state index >= 15 is 0 Å². The molecule has 0 aromatic rings. The molecule has 0 amide bonds. The number of hydrogen-bond donors (Lipinski definition) is 0. The van der Waals surface area contributed by atoms with E-state index in [4.69, 9.17) is 9.26 Å². The van der Waals surface area contributed by atoms with Crippen molar-refractivity contribution in [1.29, 1.82) is 0 Å². The Hall–Kier alpha value is -0.500. The zero-order valence-corrected chi connectivity index (χ0v) is 11.1. The Bertz CT molecular complexity index is 293. The van der Waals surface area contributed by atoms with Gasteiger partial charge in [0.1, 0.15) is 0 Å². The van der Waals surface area contributed by atoms with E-state index in [2.05, 4.69) is 6.08 Å². The number of allylic oxidation sites excluding steroid dienone is 2. The second kappa shape index (κ2) is 6.29. The van der Waals surface area contributed by atoms with Crippen molar-refractivity contribution in [3.8, 4) is 0 Å². The minimum atomic E-state index is -1.78. The minimum absolute atomic E-state index is 0.0130. The van der Waals surface area contributed by atoms with E-state index in [9.17, 15) is 4.57 Å². The van der Waals surface area contributed by atoms with Crippen LogP contribution in [0, 0.1) is 0 Å². The van der Waals surface area contributed by atoms with Crippen LogP contribution < -0.4 is 0 Å². The molecule has 1 rings (SSSR count). The molecule has 0 N–H and O–H groups in total. The monoisotopic (exact) mass is 243 g/mol. The fourth-order valence-electron chi connectivity index (χ4n) is 1.81. The normalized spacial score (nSPS) is 21.2. The molecule has 3 nitrogen and oxygen atoms in total. The lowest BCUT2D eigenvalue weighted by Gasteiger charge is -2.25. The summed E-state index contributed by atoms with van der Waals surface area (Å²) in [6.07, 6.45) is 10.3. The highest BCUT2D eigenvalue weighted by Gasteiger charge is 2.50. The number of hydrogen-bond acceptors (Lipinski definition) is 3. The van der Waals surface area contributed by atoms with Crippen molar-refractivity contribution in [2.24, 2.45) is 0 Å². The second-order valence-corrected chi connectivity index (χ2v) is 5.49. The summed E-state index contributed by atoms with van der Waals surface area (Å²) in [5.74, 6) is 0. The van der Waals surface area contributed by atoms with Gasteiger partial charge in [0.15, 0.2) is 0 Å². The van der Waals surface area contributed by atoms with Gasteiger partial charge in [0.2, 0.25) is 0 Å². The molecular formula is C12H20O3P+.